The summed E-state index contributed by atoms with van der Waals surface area (Å²) in [6, 6.07) is 17.2. The molecular weight excluding hydrogens is 704 g/mol. The molecule has 11 heteroatoms. The van der Waals surface area contributed by atoms with Gasteiger partial charge in [0, 0.05) is 55.8 Å². The summed E-state index contributed by atoms with van der Waals surface area (Å²) in [6.07, 6.45) is 7.06. The fourth-order valence-corrected chi connectivity index (χ4v) is 7.80. The van der Waals surface area contributed by atoms with E-state index < -0.39 is 12.0 Å². The number of carboxylic acid groups (broad SMARTS) is 1. The van der Waals surface area contributed by atoms with E-state index >= 15 is 0 Å². The predicted molar refractivity (Wildman–Crippen MR) is 208 cm³/mol. The number of aryl methyl sites for hydroxylation is 1. The number of aromatic nitrogens is 1. The van der Waals surface area contributed by atoms with Crippen molar-refractivity contribution in [3.63, 3.8) is 0 Å². The average molecular weight is 753 g/mol. The summed E-state index contributed by atoms with van der Waals surface area (Å²) in [5.41, 5.74) is 8.50. The predicted octanol–water partition coefficient (Wildman–Crippen LogP) is 7.63. The van der Waals surface area contributed by atoms with Gasteiger partial charge in [-0.25, -0.2) is 0 Å². The van der Waals surface area contributed by atoms with E-state index in [0.29, 0.717) is 48.2 Å². The molecule has 2 N–H and O–H groups in total. The molecular formula is C43H49ClN4O6. The third-order valence-corrected chi connectivity index (χ3v) is 10.8. The highest BCUT2D eigenvalue weighted by molar-refractivity contribution is 6.32. The maximum atomic E-state index is 12.1. The molecule has 6 rings (SSSR count). The second-order valence-electron chi connectivity index (χ2n) is 14.4. The van der Waals surface area contributed by atoms with Gasteiger partial charge in [-0.2, -0.15) is 5.26 Å². The number of likely N-dealkylation sites (tertiary alicyclic amines) is 2. The van der Waals surface area contributed by atoms with Crippen molar-refractivity contribution >= 4 is 17.6 Å². The molecule has 2 atom stereocenters. The van der Waals surface area contributed by atoms with Crippen LogP contribution in [0.3, 0.4) is 0 Å². The number of carboxylic acids is 1. The van der Waals surface area contributed by atoms with Crippen LogP contribution in [0.4, 0.5) is 0 Å². The molecule has 3 aromatic carbocycles. The third-order valence-electron chi connectivity index (χ3n) is 10.6. The van der Waals surface area contributed by atoms with Crippen LogP contribution in [0, 0.1) is 32.1 Å². The van der Waals surface area contributed by atoms with Gasteiger partial charge in [0.15, 0.2) is 0 Å². The number of rotatable bonds is 15. The van der Waals surface area contributed by atoms with Crippen molar-refractivity contribution in [3.05, 3.63) is 105 Å². The lowest BCUT2D eigenvalue weighted by Gasteiger charge is -2.33. The Labute approximate surface area is 322 Å². The van der Waals surface area contributed by atoms with Gasteiger partial charge in [-0.3, -0.25) is 14.7 Å². The number of piperidine rings is 1. The molecule has 2 fully saturated rings. The Morgan fingerprint density at radius 3 is 2.56 bits per heavy atom. The molecule has 2 aliphatic heterocycles. The monoisotopic (exact) mass is 752 g/mol. The number of benzene rings is 3. The standard InChI is InChI=1S/C43H49ClN4O6/c1-28-11-12-39(52-17-7-14-47-16-13-35(49)25-47)30(3)42(28)36-9-6-8-33(29(36)2)27-54-41-20-40(53-26-32-18-31(21-45)22-46-23-32)34(19-37(41)44)24-48-15-5-4-10-38(48)43(50)51/h6,8-9,11-12,18-20,22-23,35,38,49H,4-5,7,10,13-17,24-27H2,1-3H3,(H,50,51)/t35?,38-/m0/s1. The number of β-amino-alcohol motifs (C(OH)–C–C–N with tert-alkyl or cyclic N) is 1. The van der Waals surface area contributed by atoms with E-state index in [0.717, 1.165) is 95.6 Å². The van der Waals surface area contributed by atoms with E-state index in [1.54, 1.807) is 24.4 Å². The number of aliphatic hydroxyl groups is 1. The molecule has 2 aliphatic rings. The zero-order valence-electron chi connectivity index (χ0n) is 31.3. The molecule has 0 bridgehead atoms. The second kappa shape index (κ2) is 18.1. The Morgan fingerprint density at radius 2 is 1.78 bits per heavy atom. The van der Waals surface area contributed by atoms with Gasteiger partial charge in [0.25, 0.3) is 0 Å². The Hall–Kier alpha value is -4.66. The number of aliphatic hydroxyl groups excluding tert-OH is 1. The molecule has 4 aromatic rings. The molecule has 3 heterocycles. The Kier molecular flexibility index (Phi) is 13.1. The fourth-order valence-electron chi connectivity index (χ4n) is 7.56. The summed E-state index contributed by atoms with van der Waals surface area (Å²) >= 11 is 6.87. The van der Waals surface area contributed by atoms with E-state index in [2.05, 4.69) is 54.9 Å². The van der Waals surface area contributed by atoms with E-state index in [1.807, 2.05) is 17.0 Å². The second-order valence-corrected chi connectivity index (χ2v) is 14.8. The zero-order valence-corrected chi connectivity index (χ0v) is 32.1. The largest absolute Gasteiger partial charge is 0.493 e. The number of hydrogen-bond donors (Lipinski definition) is 2. The van der Waals surface area contributed by atoms with Gasteiger partial charge < -0.3 is 29.3 Å². The summed E-state index contributed by atoms with van der Waals surface area (Å²) in [4.78, 5) is 20.5. The number of hydrogen-bond acceptors (Lipinski definition) is 9. The van der Waals surface area contributed by atoms with Gasteiger partial charge in [-0.05, 0) is 105 Å². The van der Waals surface area contributed by atoms with Gasteiger partial charge in [-0.15, -0.1) is 0 Å². The normalized spacial score (nSPS) is 17.6. The van der Waals surface area contributed by atoms with E-state index in [9.17, 15) is 20.3 Å². The maximum absolute atomic E-state index is 12.1. The van der Waals surface area contributed by atoms with Crippen molar-refractivity contribution in [2.45, 2.75) is 84.8 Å². The number of pyridine rings is 1. The molecule has 2 saturated heterocycles. The summed E-state index contributed by atoms with van der Waals surface area (Å²) in [5.74, 6) is 1.01. The highest BCUT2D eigenvalue weighted by atomic mass is 35.5. The van der Waals surface area contributed by atoms with Crippen LogP contribution in [0.15, 0.2) is 60.9 Å². The number of halogens is 1. The molecule has 10 nitrogen and oxygen atoms in total. The fraction of sp³-hybridized carbons (Fsp3) is 0.419. The topological polar surface area (TPSA) is 128 Å². The van der Waals surface area contributed by atoms with Crippen molar-refractivity contribution in [2.75, 3.05) is 32.8 Å². The molecule has 1 aromatic heterocycles. The molecule has 0 aliphatic carbocycles. The average Bonchev–Trinajstić information content (AvgIpc) is 3.59. The summed E-state index contributed by atoms with van der Waals surface area (Å²) in [6.45, 7) is 11.0. The first-order valence-corrected chi connectivity index (χ1v) is 19.1. The van der Waals surface area contributed by atoms with Crippen molar-refractivity contribution in [2.24, 2.45) is 0 Å². The maximum Gasteiger partial charge on any atom is 0.320 e. The smallest absolute Gasteiger partial charge is 0.320 e. The third kappa shape index (κ3) is 9.52. The van der Waals surface area contributed by atoms with Crippen molar-refractivity contribution in [3.8, 4) is 34.4 Å². The number of carbonyl (C=O) groups is 1. The first-order chi connectivity index (χ1) is 26.1. The van der Waals surface area contributed by atoms with Crippen LogP contribution in [0.2, 0.25) is 5.02 Å². The van der Waals surface area contributed by atoms with Crippen LogP contribution >= 0.6 is 11.6 Å². The minimum atomic E-state index is -0.833. The highest BCUT2D eigenvalue weighted by Gasteiger charge is 2.29. The first-order valence-electron chi connectivity index (χ1n) is 18.7. The molecule has 1 unspecified atom stereocenters. The van der Waals surface area contributed by atoms with Gasteiger partial charge in [0.2, 0.25) is 0 Å². The minimum absolute atomic E-state index is 0.157. The Morgan fingerprint density at radius 1 is 0.944 bits per heavy atom. The SMILES string of the molecule is Cc1ccc(OCCCN2CCC(O)C2)c(C)c1-c1cccc(COc2cc(OCc3cncc(C#N)c3)c(CN3CCCC[C@H]3C(=O)O)cc2Cl)c1C. The summed E-state index contributed by atoms with van der Waals surface area (Å²) < 4.78 is 19.0. The molecule has 0 amide bonds. The molecule has 0 spiro atoms. The van der Waals surface area contributed by atoms with Crippen LogP contribution in [0.25, 0.3) is 11.1 Å². The Bertz CT molecular complexity index is 2000. The molecule has 54 heavy (non-hydrogen) atoms. The van der Waals surface area contributed by atoms with Crippen molar-refractivity contribution in [1.82, 2.24) is 14.8 Å². The van der Waals surface area contributed by atoms with E-state index in [4.69, 9.17) is 25.8 Å². The summed E-state index contributed by atoms with van der Waals surface area (Å²) in [7, 11) is 0. The van der Waals surface area contributed by atoms with Crippen LogP contribution in [0.5, 0.6) is 17.2 Å². The van der Waals surface area contributed by atoms with Gasteiger partial charge >= 0.3 is 5.97 Å². The van der Waals surface area contributed by atoms with Crippen LogP contribution in [-0.2, 0) is 24.6 Å². The number of aliphatic carboxylic acids is 1. The molecule has 0 saturated carbocycles. The quantitative estimate of drug-likeness (QED) is 0.117. The van der Waals surface area contributed by atoms with Gasteiger partial charge in [-0.1, -0.05) is 42.3 Å². The van der Waals surface area contributed by atoms with Gasteiger partial charge in [0.1, 0.15) is 42.6 Å². The molecule has 0 radical (unpaired) electrons. The lowest BCUT2D eigenvalue weighted by atomic mass is 9.90. The number of nitrogens with zero attached hydrogens (tertiary/aromatic N) is 4. The lowest BCUT2D eigenvalue weighted by Crippen LogP contribution is -2.44. The summed E-state index contributed by atoms with van der Waals surface area (Å²) in [5, 5.41) is 29.5. The lowest BCUT2D eigenvalue weighted by molar-refractivity contribution is -0.144. The molecule has 284 valence electrons. The Balaban J connectivity index is 1.20. The first kappa shape index (κ1) is 39.0. The van der Waals surface area contributed by atoms with Crippen LogP contribution < -0.4 is 14.2 Å². The van der Waals surface area contributed by atoms with Crippen LogP contribution in [0.1, 0.15) is 71.0 Å². The zero-order chi connectivity index (χ0) is 38.2. The van der Waals surface area contributed by atoms with Gasteiger partial charge in [0.05, 0.1) is 23.3 Å². The highest BCUT2D eigenvalue weighted by Crippen LogP contribution is 2.38. The minimum Gasteiger partial charge on any atom is -0.493 e. The van der Waals surface area contributed by atoms with Crippen molar-refractivity contribution in [1.29, 1.82) is 5.26 Å². The number of ether oxygens (including phenoxy) is 3. The van der Waals surface area contributed by atoms with E-state index in [1.165, 1.54) is 6.20 Å². The van der Waals surface area contributed by atoms with Crippen molar-refractivity contribution < 1.29 is 29.2 Å². The number of nitriles is 1. The van der Waals surface area contributed by atoms with E-state index in [-0.39, 0.29) is 19.3 Å². The van der Waals surface area contributed by atoms with Crippen LogP contribution in [-0.4, -0.2) is 75.9 Å².